The first-order chi connectivity index (χ1) is 51.9. The molecule has 2 fully saturated rings. The number of anilines is 1. The Hall–Kier alpha value is -7.72. The Morgan fingerprint density at radius 2 is 1.28 bits per heavy atom. The molecule has 3 heterocycles. The molecule has 606 valence electrons. The number of methoxy groups -OCH3 is 2. The molecule has 8 N–H and O–H groups in total. The summed E-state index contributed by atoms with van der Waals surface area (Å²) < 4.78 is 18.0. The van der Waals surface area contributed by atoms with Crippen molar-refractivity contribution >= 4 is 124 Å². The zero-order valence-corrected chi connectivity index (χ0v) is 69.3. The zero-order valence-electron chi connectivity index (χ0n) is 66.0. The van der Waals surface area contributed by atoms with Crippen LogP contribution < -0.4 is 37.6 Å². The Balaban J connectivity index is 1.17. The molecule has 0 saturated carbocycles. The third kappa shape index (κ3) is 28.5. The zero-order chi connectivity index (χ0) is 80.6. The van der Waals surface area contributed by atoms with Gasteiger partial charge in [0.1, 0.15) is 35.8 Å². The van der Waals surface area contributed by atoms with E-state index in [4.69, 9.17) is 19.9 Å². The van der Waals surface area contributed by atoms with Gasteiger partial charge in [-0.2, -0.15) is 35.3 Å². The highest BCUT2D eigenvalue weighted by Crippen LogP contribution is 2.32. The van der Waals surface area contributed by atoms with Crippen LogP contribution in [-0.2, 0) is 75.2 Å². The number of amides is 13. The number of urea groups is 1. The number of likely N-dealkylation sites (N-methyl/N-ethyl adjacent to an activating group) is 2. The molecule has 0 aliphatic carbocycles. The number of rotatable bonds is 44. The van der Waals surface area contributed by atoms with E-state index in [0.717, 1.165) is 10.6 Å². The minimum atomic E-state index is -1.16. The molecule has 2 aromatic carbocycles. The summed E-state index contributed by atoms with van der Waals surface area (Å²) in [5.74, 6) is -4.61. The Labute approximate surface area is 660 Å². The lowest BCUT2D eigenvalue weighted by molar-refractivity contribution is -0.158. The van der Waals surface area contributed by atoms with Crippen molar-refractivity contribution in [2.75, 3.05) is 102 Å². The van der Waals surface area contributed by atoms with E-state index in [1.165, 1.54) is 80.4 Å². The molecule has 2 aliphatic heterocycles. The first-order valence-corrected chi connectivity index (χ1v) is 42.2. The Morgan fingerprint density at radius 1 is 0.679 bits per heavy atom. The number of aromatic nitrogens is 1. The Bertz CT molecular complexity index is 3410. The van der Waals surface area contributed by atoms with Crippen LogP contribution in [0, 0.1) is 29.6 Å². The number of hydrogen-bond acceptors (Lipinski definition) is 20. The molecule has 1 aromatic heterocycles. The van der Waals surface area contributed by atoms with Gasteiger partial charge < -0.3 is 76.3 Å². The summed E-state index contributed by atoms with van der Waals surface area (Å²) in [6.07, 6.45) is 6.49. The number of carbonyl (C=O) groups excluding carboxylic acids is 12. The smallest absolute Gasteiger partial charge is 0.410 e. The van der Waals surface area contributed by atoms with Crippen molar-refractivity contribution < 1.29 is 71.7 Å². The van der Waals surface area contributed by atoms with Crippen molar-refractivity contribution in [3.63, 3.8) is 0 Å². The number of thioether (sulfide) groups is 3. The molecular formula is C76H118N14O15S4. The van der Waals surface area contributed by atoms with Crippen LogP contribution in [0.2, 0.25) is 0 Å². The molecule has 3 aromatic rings. The molecular weight excluding hydrogens is 1480 g/mol. The number of nitrogens with one attached hydrogen (secondary N) is 6. The second kappa shape index (κ2) is 46.8. The molecule has 2 saturated heterocycles. The molecule has 0 radical (unpaired) electrons. The van der Waals surface area contributed by atoms with Crippen LogP contribution in [0.3, 0.4) is 0 Å². The average Bonchev–Trinajstić information content (AvgIpc) is 1.75. The van der Waals surface area contributed by atoms with Crippen molar-refractivity contribution in [1.29, 1.82) is 0 Å². The van der Waals surface area contributed by atoms with Crippen LogP contribution in [0.5, 0.6) is 0 Å². The van der Waals surface area contributed by atoms with Gasteiger partial charge in [-0.15, -0.1) is 11.3 Å². The van der Waals surface area contributed by atoms with Crippen LogP contribution in [0.25, 0.3) is 0 Å². The van der Waals surface area contributed by atoms with Gasteiger partial charge in [-0.05, 0) is 91.5 Å². The lowest BCUT2D eigenvalue weighted by Gasteiger charge is -2.42. The van der Waals surface area contributed by atoms with Crippen molar-refractivity contribution in [3.05, 3.63) is 82.3 Å². The SMILES string of the molecule is CC[C@H](C)[C@@H]([C@@H](CC(=O)N1CCC[C@H]1[C@H](OC)[C@@H](C)C(=O)N[C@@H](Cc1ccccc1)c1nccs1)OC)N(C)C(=O)[C@@H](NC(=O)[C@H](C(C)C)N(C)C(=O)OCc1ccc(NC(=O)[C@H](CCCNC(N)=O)NC(=O)[C@@H](NC(=O)CSCCC(=O)N2CN(C(=O)CCSC)CN(C(=O)CCSC)C2)C(C)C)cc1)C(C)C. The summed E-state index contributed by atoms with van der Waals surface area (Å²) in [6.45, 7) is 16.9. The fourth-order valence-corrected chi connectivity index (χ4v) is 15.6. The summed E-state index contributed by atoms with van der Waals surface area (Å²) in [4.78, 5) is 178. The molecule has 0 bridgehead atoms. The highest BCUT2D eigenvalue weighted by Gasteiger charge is 2.45. The van der Waals surface area contributed by atoms with Gasteiger partial charge in [-0.3, -0.25) is 52.8 Å². The number of ether oxygens (including phenoxy) is 3. The Kier molecular flexibility index (Phi) is 39.5. The second-order valence-electron chi connectivity index (χ2n) is 28.8. The summed E-state index contributed by atoms with van der Waals surface area (Å²) in [5.41, 5.74) is 7.17. The van der Waals surface area contributed by atoms with Crippen LogP contribution >= 0.6 is 46.6 Å². The van der Waals surface area contributed by atoms with Crippen molar-refractivity contribution in [1.82, 2.24) is 61.0 Å². The number of likely N-dealkylation sites (tertiary alicyclic amines) is 1. The molecule has 0 spiro atoms. The molecule has 109 heavy (non-hydrogen) atoms. The predicted octanol–water partition coefficient (Wildman–Crippen LogP) is 6.91. The highest BCUT2D eigenvalue weighted by atomic mass is 32.2. The maximum absolute atomic E-state index is 14.9. The van der Waals surface area contributed by atoms with Gasteiger partial charge in [-0.25, -0.2) is 14.6 Å². The molecule has 11 atom stereocenters. The van der Waals surface area contributed by atoms with Crippen LogP contribution in [-0.4, -0.2) is 251 Å². The molecule has 13 amide bonds. The van der Waals surface area contributed by atoms with Crippen molar-refractivity contribution in [2.45, 2.75) is 188 Å². The fraction of sp³-hybridized carbons (Fsp3) is 0.645. The molecule has 2 aliphatic rings. The summed E-state index contributed by atoms with van der Waals surface area (Å²) in [6, 6.07) is 9.66. The number of primary amides is 1. The number of nitrogens with zero attached hydrogens (tertiary/aromatic N) is 7. The summed E-state index contributed by atoms with van der Waals surface area (Å²) in [5, 5.41) is 19.7. The molecule has 5 rings (SSSR count). The first-order valence-electron chi connectivity index (χ1n) is 37.4. The highest BCUT2D eigenvalue weighted by molar-refractivity contribution is 8.00. The number of nitrogens with two attached hydrogens (primary N) is 1. The Morgan fingerprint density at radius 3 is 1.82 bits per heavy atom. The minimum Gasteiger partial charge on any atom is -0.445 e. The van der Waals surface area contributed by atoms with Gasteiger partial charge in [0, 0.05) is 95.2 Å². The maximum Gasteiger partial charge on any atom is 0.410 e. The summed E-state index contributed by atoms with van der Waals surface area (Å²) >= 11 is 5.69. The largest absolute Gasteiger partial charge is 0.445 e. The lowest BCUT2D eigenvalue weighted by Crippen LogP contribution is -2.60. The lowest BCUT2D eigenvalue weighted by atomic mass is 9.89. The van der Waals surface area contributed by atoms with E-state index in [9.17, 15) is 57.5 Å². The van der Waals surface area contributed by atoms with Gasteiger partial charge >= 0.3 is 12.1 Å². The number of thiazole rings is 1. The quantitative estimate of drug-likeness (QED) is 0.0283. The number of hydrogen-bond donors (Lipinski definition) is 7. The van der Waals surface area contributed by atoms with Gasteiger partial charge in [0.15, 0.2) is 0 Å². The van der Waals surface area contributed by atoms with Crippen LogP contribution in [0.15, 0.2) is 66.2 Å². The van der Waals surface area contributed by atoms with E-state index in [1.807, 2.05) is 82.8 Å². The average molecular weight is 1600 g/mol. The van der Waals surface area contributed by atoms with Gasteiger partial charge in [-0.1, -0.05) is 111 Å². The third-order valence-corrected chi connectivity index (χ3v) is 22.8. The molecule has 29 nitrogen and oxygen atoms in total. The topological polar surface area (TPSA) is 363 Å². The van der Waals surface area contributed by atoms with Gasteiger partial charge in [0.2, 0.25) is 59.1 Å². The van der Waals surface area contributed by atoms with E-state index >= 15 is 0 Å². The maximum atomic E-state index is 14.9. The van der Waals surface area contributed by atoms with E-state index in [0.29, 0.717) is 55.0 Å². The van der Waals surface area contributed by atoms with Crippen LogP contribution in [0.1, 0.15) is 142 Å². The first kappa shape index (κ1) is 91.9. The van der Waals surface area contributed by atoms with Crippen molar-refractivity contribution in [3.8, 4) is 0 Å². The molecule has 33 heteroatoms. The second-order valence-corrected chi connectivity index (χ2v) is 32.8. The minimum absolute atomic E-state index is 0.0253. The van der Waals surface area contributed by atoms with Crippen molar-refractivity contribution in [2.24, 2.45) is 35.3 Å². The van der Waals surface area contributed by atoms with E-state index in [1.54, 1.807) is 82.1 Å². The molecule has 0 unspecified atom stereocenters. The number of benzene rings is 2. The normalized spacial score (nSPS) is 16.5. The van der Waals surface area contributed by atoms with E-state index in [-0.39, 0.29) is 125 Å². The predicted molar refractivity (Wildman–Crippen MR) is 426 cm³/mol. The monoisotopic (exact) mass is 1590 g/mol. The van der Waals surface area contributed by atoms with Gasteiger partial charge in [0.25, 0.3) is 0 Å². The standard InChI is InChI=1S/C76H118N14O15S4/c1-16-50(8)67(58(103-12)41-63(95)90-35-21-25-57(90)68(104-13)51(9)69(96)82-56(73-78-34-39-109-73)40-52-22-18-17-19-23-52)85(10)74(100)65(48(4)5)84-72(99)66(49(6)7)86(11)76(102)105-42-53-26-28-54(29-27-53)80-70(97)55(24-20-33-79-75(77)101)81-71(98)64(47(2)3)83-59(91)43-108-38-32-62(94)89-45-87(60(92)30-36-106-14)44-88(46-89)61(93)31-37-107-15/h17-19,22-23,26-29,34,39,47-51,55-58,64-68H,16,20-21,24-25,30-33,35-38,40-46H2,1-15H3,(H,80,97)(H,81,98)(H,82,96)(H,83,91)(H,84,99)(H3,77,79,101)/t50-,51+,55-,56-,57-,58+,64-,65-,66-,67-,68+/m0/s1. The number of carbonyl (C=O) groups is 12. The van der Waals surface area contributed by atoms with E-state index in [2.05, 4.69) is 36.9 Å². The third-order valence-electron chi connectivity index (χ3n) is 19.7. The van der Waals surface area contributed by atoms with E-state index < -0.39 is 114 Å². The fourth-order valence-electron chi connectivity index (χ4n) is 13.4. The van der Waals surface area contributed by atoms with Gasteiger partial charge in [0.05, 0.1) is 68.4 Å². The summed E-state index contributed by atoms with van der Waals surface area (Å²) in [7, 11) is 6.15. The van der Waals surface area contributed by atoms with Crippen LogP contribution in [0.4, 0.5) is 15.3 Å².